The summed E-state index contributed by atoms with van der Waals surface area (Å²) in [5.41, 5.74) is 2.47. The number of benzene rings is 1. The first kappa shape index (κ1) is 12.6. The first-order chi connectivity index (χ1) is 7.96. The third-order valence-corrected chi connectivity index (χ3v) is 4.80. The lowest BCUT2D eigenvalue weighted by atomic mass is 9.88. The second kappa shape index (κ2) is 4.81. The summed E-state index contributed by atoms with van der Waals surface area (Å²) in [7, 11) is 0. The Labute approximate surface area is 108 Å². The van der Waals surface area contributed by atoms with Crippen LogP contribution in [0.4, 0.5) is 5.69 Å². The van der Waals surface area contributed by atoms with E-state index in [1.54, 1.807) is 6.07 Å². The molecule has 94 valence electrons. The van der Waals surface area contributed by atoms with E-state index in [0.717, 1.165) is 11.3 Å². The van der Waals surface area contributed by atoms with Gasteiger partial charge in [-0.3, -0.25) is 0 Å². The number of aryl methyl sites for hydroxylation is 1. The molecule has 2 rings (SSSR count). The Morgan fingerprint density at radius 3 is 2.82 bits per heavy atom. The number of hydrogen-bond donors (Lipinski definition) is 2. The molecular formula is C14H21NOS. The topological polar surface area (TPSA) is 32.3 Å². The van der Waals surface area contributed by atoms with Crippen LogP contribution in [0.2, 0.25) is 0 Å². The van der Waals surface area contributed by atoms with Crippen LogP contribution >= 0.6 is 11.8 Å². The van der Waals surface area contributed by atoms with Crippen molar-refractivity contribution < 1.29 is 5.11 Å². The normalized spacial score (nSPS) is 23.4. The van der Waals surface area contributed by atoms with Gasteiger partial charge in [0.05, 0.1) is 0 Å². The molecule has 1 heterocycles. The Balaban J connectivity index is 2.03. The maximum Gasteiger partial charge on any atom is 0.118 e. The minimum atomic E-state index is 0.369. The Kier molecular flexibility index (Phi) is 3.57. The summed E-state index contributed by atoms with van der Waals surface area (Å²) >= 11 is 2.02. The number of rotatable bonds is 2. The molecule has 0 bridgehead atoms. The van der Waals surface area contributed by atoms with Gasteiger partial charge in [0.15, 0.2) is 0 Å². The molecule has 1 unspecified atom stereocenters. The molecule has 1 atom stereocenters. The second-order valence-corrected chi connectivity index (χ2v) is 6.76. The van der Waals surface area contributed by atoms with Crippen LogP contribution < -0.4 is 5.32 Å². The molecule has 0 spiro atoms. The number of aromatic hydroxyl groups is 1. The van der Waals surface area contributed by atoms with E-state index in [4.69, 9.17) is 0 Å². The molecule has 1 fully saturated rings. The third kappa shape index (κ3) is 3.32. The van der Waals surface area contributed by atoms with Crippen molar-refractivity contribution in [2.75, 3.05) is 16.8 Å². The lowest BCUT2D eigenvalue weighted by molar-refractivity contribution is 0.358. The van der Waals surface area contributed by atoms with Gasteiger partial charge in [-0.2, -0.15) is 11.8 Å². The van der Waals surface area contributed by atoms with Crippen molar-refractivity contribution in [3.63, 3.8) is 0 Å². The maximum absolute atomic E-state index is 9.50. The largest absolute Gasteiger partial charge is 0.508 e. The molecule has 17 heavy (non-hydrogen) atoms. The monoisotopic (exact) mass is 251 g/mol. The fourth-order valence-electron chi connectivity index (χ4n) is 2.34. The van der Waals surface area contributed by atoms with E-state index in [1.165, 1.54) is 17.9 Å². The molecule has 0 saturated carbocycles. The van der Waals surface area contributed by atoms with Crippen LogP contribution in [0.3, 0.4) is 0 Å². The average Bonchev–Trinajstić information content (AvgIpc) is 2.22. The van der Waals surface area contributed by atoms with E-state index in [1.807, 2.05) is 30.8 Å². The highest BCUT2D eigenvalue weighted by molar-refractivity contribution is 7.99. The van der Waals surface area contributed by atoms with Crippen LogP contribution in [0.5, 0.6) is 5.75 Å². The van der Waals surface area contributed by atoms with E-state index < -0.39 is 0 Å². The van der Waals surface area contributed by atoms with Gasteiger partial charge in [-0.1, -0.05) is 13.8 Å². The summed E-state index contributed by atoms with van der Waals surface area (Å²) in [6.07, 6.45) is 1.21. The van der Waals surface area contributed by atoms with Gasteiger partial charge in [0.25, 0.3) is 0 Å². The van der Waals surface area contributed by atoms with Crippen molar-refractivity contribution in [3.8, 4) is 5.75 Å². The zero-order chi connectivity index (χ0) is 12.5. The van der Waals surface area contributed by atoms with Crippen LogP contribution in [-0.2, 0) is 0 Å². The van der Waals surface area contributed by atoms with E-state index in [9.17, 15) is 5.11 Å². The molecule has 1 aromatic carbocycles. The summed E-state index contributed by atoms with van der Waals surface area (Å²) in [5.74, 6) is 2.79. The van der Waals surface area contributed by atoms with Crippen LogP contribution in [-0.4, -0.2) is 22.7 Å². The summed E-state index contributed by atoms with van der Waals surface area (Å²) in [4.78, 5) is 0. The number of phenols is 1. The van der Waals surface area contributed by atoms with Crippen LogP contribution in [0.15, 0.2) is 18.2 Å². The predicted molar refractivity (Wildman–Crippen MR) is 76.0 cm³/mol. The SMILES string of the molecule is Cc1cc(NC2CSCC(C)(C)C2)ccc1O. The number of anilines is 1. The van der Waals surface area contributed by atoms with E-state index >= 15 is 0 Å². The third-order valence-electron chi connectivity index (χ3n) is 3.18. The Hall–Kier alpha value is -0.830. The van der Waals surface area contributed by atoms with Gasteiger partial charge in [0.1, 0.15) is 5.75 Å². The zero-order valence-corrected chi connectivity index (χ0v) is 11.6. The van der Waals surface area contributed by atoms with Gasteiger partial charge < -0.3 is 10.4 Å². The van der Waals surface area contributed by atoms with Gasteiger partial charge in [-0.05, 0) is 48.3 Å². The first-order valence-corrected chi connectivity index (χ1v) is 7.26. The van der Waals surface area contributed by atoms with Crippen LogP contribution in [0.1, 0.15) is 25.8 Å². The van der Waals surface area contributed by atoms with E-state index in [0.29, 0.717) is 17.2 Å². The highest BCUT2D eigenvalue weighted by atomic mass is 32.2. The highest BCUT2D eigenvalue weighted by Gasteiger charge is 2.28. The van der Waals surface area contributed by atoms with E-state index in [-0.39, 0.29) is 0 Å². The Morgan fingerprint density at radius 1 is 1.41 bits per heavy atom. The van der Waals surface area contributed by atoms with Crippen LogP contribution in [0.25, 0.3) is 0 Å². The number of phenolic OH excluding ortho intramolecular Hbond substituents is 1. The first-order valence-electron chi connectivity index (χ1n) is 6.10. The summed E-state index contributed by atoms with van der Waals surface area (Å²) in [6.45, 7) is 6.59. The molecule has 1 saturated heterocycles. The number of hydrogen-bond acceptors (Lipinski definition) is 3. The van der Waals surface area contributed by atoms with Crippen LogP contribution in [0, 0.1) is 12.3 Å². The Morgan fingerprint density at radius 2 is 2.18 bits per heavy atom. The van der Waals surface area contributed by atoms with Gasteiger partial charge >= 0.3 is 0 Å². The van der Waals surface area contributed by atoms with Gasteiger partial charge in [0.2, 0.25) is 0 Å². The van der Waals surface area contributed by atoms with Crippen molar-refractivity contribution >= 4 is 17.4 Å². The fraction of sp³-hybridized carbons (Fsp3) is 0.571. The molecule has 3 heteroatoms. The number of nitrogens with one attached hydrogen (secondary N) is 1. The highest BCUT2D eigenvalue weighted by Crippen LogP contribution is 2.35. The molecule has 2 N–H and O–H groups in total. The van der Waals surface area contributed by atoms with Crippen molar-refractivity contribution in [1.82, 2.24) is 0 Å². The summed E-state index contributed by atoms with van der Waals surface area (Å²) in [6, 6.07) is 6.27. The Bertz CT molecular complexity index is 403. The fourth-order valence-corrected chi connectivity index (χ4v) is 3.61. The molecule has 1 aliphatic rings. The smallest absolute Gasteiger partial charge is 0.118 e. The molecule has 1 aromatic rings. The van der Waals surface area contributed by atoms with Gasteiger partial charge in [0, 0.05) is 17.5 Å². The summed E-state index contributed by atoms with van der Waals surface area (Å²) < 4.78 is 0. The van der Waals surface area contributed by atoms with Crippen molar-refractivity contribution in [2.24, 2.45) is 5.41 Å². The summed E-state index contributed by atoms with van der Waals surface area (Å²) in [5, 5.41) is 13.1. The molecule has 1 aliphatic heterocycles. The predicted octanol–water partition coefficient (Wildman–Crippen LogP) is 3.64. The minimum absolute atomic E-state index is 0.369. The zero-order valence-electron chi connectivity index (χ0n) is 10.8. The minimum Gasteiger partial charge on any atom is -0.508 e. The molecule has 0 amide bonds. The number of thioether (sulfide) groups is 1. The van der Waals surface area contributed by atoms with Crippen molar-refractivity contribution in [1.29, 1.82) is 0 Å². The lowest BCUT2D eigenvalue weighted by Crippen LogP contribution is -2.35. The van der Waals surface area contributed by atoms with Crippen molar-refractivity contribution in [3.05, 3.63) is 23.8 Å². The second-order valence-electron chi connectivity index (χ2n) is 5.73. The van der Waals surface area contributed by atoms with Gasteiger partial charge in [-0.25, -0.2) is 0 Å². The van der Waals surface area contributed by atoms with Crippen molar-refractivity contribution in [2.45, 2.75) is 33.2 Å². The van der Waals surface area contributed by atoms with Gasteiger partial charge in [-0.15, -0.1) is 0 Å². The molecule has 2 nitrogen and oxygen atoms in total. The standard InChI is InChI=1S/C14H21NOS/c1-10-6-11(4-5-13(10)16)15-12-7-14(2,3)9-17-8-12/h4-6,12,15-16H,7-9H2,1-3H3. The molecular weight excluding hydrogens is 230 g/mol. The molecule has 0 radical (unpaired) electrons. The lowest BCUT2D eigenvalue weighted by Gasteiger charge is -2.35. The maximum atomic E-state index is 9.50. The average molecular weight is 251 g/mol. The molecule has 0 aromatic heterocycles. The van der Waals surface area contributed by atoms with E-state index in [2.05, 4.69) is 19.2 Å². The quantitative estimate of drug-likeness (QED) is 0.787. The molecule has 0 aliphatic carbocycles.